The molecule has 0 saturated heterocycles. The first-order valence-corrected chi connectivity index (χ1v) is 6.70. The lowest BCUT2D eigenvalue weighted by Crippen LogP contribution is -2.06. The van der Waals surface area contributed by atoms with Gasteiger partial charge >= 0.3 is 0 Å². The van der Waals surface area contributed by atoms with E-state index in [1.807, 2.05) is 0 Å². The first-order chi connectivity index (χ1) is 8.79. The number of aryl methyl sites for hydroxylation is 1. The molecule has 0 spiro atoms. The molecule has 0 fully saturated rings. The van der Waals surface area contributed by atoms with Crippen LogP contribution in [-0.2, 0) is 6.42 Å². The second-order valence-electron chi connectivity index (χ2n) is 4.72. The summed E-state index contributed by atoms with van der Waals surface area (Å²) in [5.74, 6) is 0. The molecule has 2 rings (SSSR count). The monoisotopic (exact) mass is 239 g/mol. The molecule has 0 aliphatic heterocycles. The van der Waals surface area contributed by atoms with Crippen molar-refractivity contribution < 1.29 is 0 Å². The van der Waals surface area contributed by atoms with Crippen molar-refractivity contribution in [1.29, 1.82) is 0 Å². The summed E-state index contributed by atoms with van der Waals surface area (Å²) in [6, 6.07) is 19.6. The highest BCUT2D eigenvalue weighted by atomic mass is 14.9. The van der Waals surface area contributed by atoms with Crippen LogP contribution in [0.3, 0.4) is 0 Å². The fraction of sp³-hybridized carbons (Fsp3) is 0.294. The third kappa shape index (κ3) is 3.36. The predicted molar refractivity (Wildman–Crippen MR) is 78.9 cm³/mol. The minimum absolute atomic E-state index is 0.336. The number of anilines is 1. The Morgan fingerprint density at radius 2 is 1.61 bits per heavy atom. The van der Waals surface area contributed by atoms with Crippen LogP contribution in [0.2, 0.25) is 0 Å². The van der Waals surface area contributed by atoms with Crippen LogP contribution in [0.25, 0.3) is 0 Å². The minimum atomic E-state index is 0.336. The Hall–Kier alpha value is -1.76. The number of benzene rings is 2. The molecule has 1 atom stereocenters. The van der Waals surface area contributed by atoms with Crippen LogP contribution in [0.5, 0.6) is 0 Å². The van der Waals surface area contributed by atoms with E-state index < -0.39 is 0 Å². The Bertz CT molecular complexity index is 459. The van der Waals surface area contributed by atoms with E-state index in [2.05, 4.69) is 73.8 Å². The van der Waals surface area contributed by atoms with E-state index in [0.717, 1.165) is 6.42 Å². The van der Waals surface area contributed by atoms with Crippen molar-refractivity contribution >= 4 is 5.69 Å². The lowest BCUT2D eigenvalue weighted by Gasteiger charge is -2.16. The molecule has 0 aliphatic carbocycles. The first kappa shape index (κ1) is 12.7. The molecule has 1 unspecified atom stereocenters. The number of hydrogen-bond donors (Lipinski definition) is 1. The molecule has 2 aromatic carbocycles. The smallest absolute Gasteiger partial charge is 0.0485 e. The molecule has 1 nitrogen and oxygen atoms in total. The number of rotatable bonds is 5. The zero-order chi connectivity index (χ0) is 12.8. The van der Waals surface area contributed by atoms with Gasteiger partial charge in [0.05, 0.1) is 0 Å². The summed E-state index contributed by atoms with van der Waals surface area (Å²) in [4.78, 5) is 0. The van der Waals surface area contributed by atoms with Crippen LogP contribution < -0.4 is 5.32 Å². The highest BCUT2D eigenvalue weighted by molar-refractivity contribution is 5.46. The molecule has 0 saturated carbocycles. The summed E-state index contributed by atoms with van der Waals surface area (Å²) in [6.45, 7) is 4.40. The van der Waals surface area contributed by atoms with Gasteiger partial charge in [-0.05, 0) is 36.6 Å². The maximum absolute atomic E-state index is 3.53. The van der Waals surface area contributed by atoms with E-state index in [4.69, 9.17) is 0 Å². The fourth-order valence-corrected chi connectivity index (χ4v) is 2.13. The van der Waals surface area contributed by atoms with Gasteiger partial charge in [-0.1, -0.05) is 55.8 Å². The molecule has 0 radical (unpaired) electrons. The Morgan fingerprint density at radius 3 is 2.22 bits per heavy atom. The second-order valence-corrected chi connectivity index (χ2v) is 4.72. The molecular weight excluding hydrogens is 218 g/mol. The van der Waals surface area contributed by atoms with Crippen LogP contribution in [0.15, 0.2) is 54.6 Å². The third-order valence-corrected chi connectivity index (χ3v) is 3.18. The third-order valence-electron chi connectivity index (χ3n) is 3.18. The SMILES string of the molecule is CCCc1ccc(NC(C)c2ccccc2)cc1. The van der Waals surface area contributed by atoms with Crippen molar-refractivity contribution in [3.63, 3.8) is 0 Å². The number of hydrogen-bond acceptors (Lipinski definition) is 1. The largest absolute Gasteiger partial charge is 0.379 e. The van der Waals surface area contributed by atoms with Gasteiger partial charge in [-0.15, -0.1) is 0 Å². The van der Waals surface area contributed by atoms with E-state index in [-0.39, 0.29) is 0 Å². The van der Waals surface area contributed by atoms with Crippen LogP contribution in [0, 0.1) is 0 Å². The highest BCUT2D eigenvalue weighted by Crippen LogP contribution is 2.19. The normalized spacial score (nSPS) is 12.1. The summed E-state index contributed by atoms with van der Waals surface area (Å²) < 4.78 is 0. The molecule has 0 bridgehead atoms. The maximum atomic E-state index is 3.53. The van der Waals surface area contributed by atoms with Crippen molar-refractivity contribution in [3.05, 3.63) is 65.7 Å². The van der Waals surface area contributed by atoms with E-state index in [1.165, 1.54) is 23.2 Å². The van der Waals surface area contributed by atoms with Crippen molar-refractivity contribution in [1.82, 2.24) is 0 Å². The summed E-state index contributed by atoms with van der Waals surface area (Å²) in [5, 5.41) is 3.53. The van der Waals surface area contributed by atoms with Gasteiger partial charge in [0.25, 0.3) is 0 Å². The van der Waals surface area contributed by atoms with Gasteiger partial charge in [0.15, 0.2) is 0 Å². The summed E-state index contributed by atoms with van der Waals surface area (Å²) in [7, 11) is 0. The van der Waals surface area contributed by atoms with E-state index in [0.29, 0.717) is 6.04 Å². The van der Waals surface area contributed by atoms with E-state index in [1.54, 1.807) is 0 Å². The molecule has 1 heteroatoms. The molecule has 1 N–H and O–H groups in total. The van der Waals surface area contributed by atoms with Gasteiger partial charge in [0.1, 0.15) is 0 Å². The lowest BCUT2D eigenvalue weighted by atomic mass is 10.1. The molecule has 94 valence electrons. The summed E-state index contributed by atoms with van der Waals surface area (Å²) >= 11 is 0. The van der Waals surface area contributed by atoms with Gasteiger partial charge in [-0.3, -0.25) is 0 Å². The van der Waals surface area contributed by atoms with Crippen molar-refractivity contribution in [2.24, 2.45) is 0 Å². The molecule has 0 heterocycles. The molecular formula is C17H21N. The predicted octanol–water partition coefficient (Wildman–Crippen LogP) is 4.81. The zero-order valence-electron chi connectivity index (χ0n) is 11.2. The van der Waals surface area contributed by atoms with Gasteiger partial charge in [-0.2, -0.15) is 0 Å². The topological polar surface area (TPSA) is 12.0 Å². The average Bonchev–Trinajstić information content (AvgIpc) is 2.42. The quantitative estimate of drug-likeness (QED) is 0.789. The zero-order valence-corrected chi connectivity index (χ0v) is 11.2. The Morgan fingerprint density at radius 1 is 0.944 bits per heavy atom. The van der Waals surface area contributed by atoms with E-state index >= 15 is 0 Å². The van der Waals surface area contributed by atoms with Gasteiger partial charge in [-0.25, -0.2) is 0 Å². The Balaban J connectivity index is 2.01. The molecule has 0 aliphatic rings. The van der Waals surface area contributed by atoms with Gasteiger partial charge in [0, 0.05) is 11.7 Å². The average molecular weight is 239 g/mol. The Kier molecular flexibility index (Phi) is 4.40. The molecule has 18 heavy (non-hydrogen) atoms. The van der Waals surface area contributed by atoms with Crippen molar-refractivity contribution in [3.8, 4) is 0 Å². The minimum Gasteiger partial charge on any atom is -0.379 e. The van der Waals surface area contributed by atoms with Gasteiger partial charge < -0.3 is 5.32 Å². The standard InChI is InChI=1S/C17H21N/c1-3-7-15-10-12-17(13-11-15)18-14(2)16-8-5-4-6-9-16/h4-6,8-14,18H,3,7H2,1-2H3. The molecule has 0 aromatic heterocycles. The summed E-state index contributed by atoms with van der Waals surface area (Å²) in [6.07, 6.45) is 2.36. The first-order valence-electron chi connectivity index (χ1n) is 6.70. The van der Waals surface area contributed by atoms with Crippen molar-refractivity contribution in [2.45, 2.75) is 32.7 Å². The Labute approximate surface area is 110 Å². The second kappa shape index (κ2) is 6.25. The van der Waals surface area contributed by atoms with Crippen LogP contribution in [-0.4, -0.2) is 0 Å². The van der Waals surface area contributed by atoms with Crippen LogP contribution in [0.1, 0.15) is 37.4 Å². The molecule has 0 amide bonds. The fourth-order valence-electron chi connectivity index (χ4n) is 2.13. The maximum Gasteiger partial charge on any atom is 0.0485 e. The number of nitrogens with one attached hydrogen (secondary N) is 1. The van der Waals surface area contributed by atoms with E-state index in [9.17, 15) is 0 Å². The lowest BCUT2D eigenvalue weighted by molar-refractivity contribution is 0.883. The van der Waals surface area contributed by atoms with Gasteiger partial charge in [0.2, 0.25) is 0 Å². The molecule has 2 aromatic rings. The highest BCUT2D eigenvalue weighted by Gasteiger charge is 2.03. The van der Waals surface area contributed by atoms with Crippen molar-refractivity contribution in [2.75, 3.05) is 5.32 Å². The van der Waals surface area contributed by atoms with Crippen LogP contribution >= 0.6 is 0 Å². The summed E-state index contributed by atoms with van der Waals surface area (Å²) in [5.41, 5.74) is 3.91. The van der Waals surface area contributed by atoms with Crippen LogP contribution in [0.4, 0.5) is 5.69 Å².